The molecule has 4 heteroatoms. The Morgan fingerprint density at radius 3 is 2.50 bits per heavy atom. The van der Waals surface area contributed by atoms with E-state index in [2.05, 4.69) is 31.4 Å². The van der Waals surface area contributed by atoms with Gasteiger partial charge in [-0.1, -0.05) is 13.8 Å². The molecular formula is C16H32N2O2. The molecule has 2 N–H and O–H groups in total. The number of piperidine rings is 1. The Kier molecular flexibility index (Phi) is 5.46. The Hall–Kier alpha value is -0.160. The van der Waals surface area contributed by atoms with Crippen LogP contribution in [0.3, 0.4) is 0 Å². The summed E-state index contributed by atoms with van der Waals surface area (Å²) in [5.74, 6) is 0. The molecule has 1 aliphatic heterocycles. The molecule has 0 spiro atoms. The van der Waals surface area contributed by atoms with Gasteiger partial charge >= 0.3 is 0 Å². The number of nitrogens with one attached hydrogen (secondary N) is 2. The predicted molar refractivity (Wildman–Crippen MR) is 82.0 cm³/mol. The van der Waals surface area contributed by atoms with Crippen LogP contribution in [0.2, 0.25) is 0 Å². The van der Waals surface area contributed by atoms with Gasteiger partial charge in [0.2, 0.25) is 0 Å². The van der Waals surface area contributed by atoms with E-state index in [1.165, 1.54) is 12.8 Å². The van der Waals surface area contributed by atoms with E-state index in [4.69, 9.17) is 9.47 Å². The second kappa shape index (κ2) is 6.73. The minimum absolute atomic E-state index is 0.247. The standard InChI is InChI=1S/C16H32N2O2/c1-5-20-14-10-13(15(14,2)3)18-11-16(12-19-4)6-8-17-9-7-16/h13-14,17-18H,5-12H2,1-4H3. The zero-order chi connectivity index (χ0) is 14.6. The Balaban J connectivity index is 1.84. The first-order valence-corrected chi connectivity index (χ1v) is 8.09. The molecule has 2 unspecified atom stereocenters. The fourth-order valence-electron chi connectivity index (χ4n) is 3.69. The molecule has 2 fully saturated rings. The monoisotopic (exact) mass is 284 g/mol. The first-order chi connectivity index (χ1) is 9.54. The SMILES string of the molecule is CCOC1CC(NCC2(COC)CCNCC2)C1(C)C. The zero-order valence-electron chi connectivity index (χ0n) is 13.6. The minimum atomic E-state index is 0.247. The van der Waals surface area contributed by atoms with Crippen LogP contribution < -0.4 is 10.6 Å². The highest BCUT2D eigenvalue weighted by atomic mass is 16.5. The van der Waals surface area contributed by atoms with Crippen molar-refractivity contribution in [1.82, 2.24) is 10.6 Å². The van der Waals surface area contributed by atoms with Gasteiger partial charge in [-0.05, 0) is 39.3 Å². The van der Waals surface area contributed by atoms with Gasteiger partial charge in [0.25, 0.3) is 0 Å². The van der Waals surface area contributed by atoms with Crippen molar-refractivity contribution in [3.8, 4) is 0 Å². The Morgan fingerprint density at radius 1 is 1.25 bits per heavy atom. The van der Waals surface area contributed by atoms with Crippen LogP contribution in [0.1, 0.15) is 40.0 Å². The zero-order valence-corrected chi connectivity index (χ0v) is 13.6. The Labute approximate surface area is 124 Å². The van der Waals surface area contributed by atoms with Crippen molar-refractivity contribution in [2.75, 3.05) is 40.0 Å². The summed E-state index contributed by atoms with van der Waals surface area (Å²) in [5.41, 5.74) is 0.559. The van der Waals surface area contributed by atoms with Crippen LogP contribution in [-0.2, 0) is 9.47 Å². The molecule has 1 aliphatic carbocycles. The molecule has 1 saturated carbocycles. The highest BCUT2D eigenvalue weighted by Crippen LogP contribution is 2.43. The largest absolute Gasteiger partial charge is 0.384 e. The maximum Gasteiger partial charge on any atom is 0.0655 e. The lowest BCUT2D eigenvalue weighted by Crippen LogP contribution is -2.62. The molecule has 1 saturated heterocycles. The summed E-state index contributed by atoms with van der Waals surface area (Å²) in [4.78, 5) is 0. The summed E-state index contributed by atoms with van der Waals surface area (Å²) >= 11 is 0. The van der Waals surface area contributed by atoms with Gasteiger partial charge in [0.15, 0.2) is 0 Å². The maximum atomic E-state index is 5.81. The molecule has 2 rings (SSSR count). The lowest BCUT2D eigenvalue weighted by Gasteiger charge is -2.53. The van der Waals surface area contributed by atoms with Crippen LogP contribution in [0.5, 0.6) is 0 Å². The first kappa shape index (κ1) is 16.2. The molecule has 118 valence electrons. The van der Waals surface area contributed by atoms with Gasteiger partial charge in [-0.15, -0.1) is 0 Å². The average molecular weight is 284 g/mol. The van der Waals surface area contributed by atoms with Crippen molar-refractivity contribution in [3.05, 3.63) is 0 Å². The van der Waals surface area contributed by atoms with E-state index in [-0.39, 0.29) is 5.41 Å². The fraction of sp³-hybridized carbons (Fsp3) is 1.00. The number of ether oxygens (including phenoxy) is 2. The van der Waals surface area contributed by atoms with Gasteiger partial charge < -0.3 is 20.1 Å². The molecule has 2 atom stereocenters. The Morgan fingerprint density at radius 2 is 1.95 bits per heavy atom. The van der Waals surface area contributed by atoms with E-state index >= 15 is 0 Å². The van der Waals surface area contributed by atoms with E-state index in [1.54, 1.807) is 0 Å². The van der Waals surface area contributed by atoms with Crippen LogP contribution in [0.25, 0.3) is 0 Å². The highest BCUT2D eigenvalue weighted by Gasteiger charge is 2.49. The summed E-state index contributed by atoms with van der Waals surface area (Å²) in [6.45, 7) is 11.7. The van der Waals surface area contributed by atoms with Crippen LogP contribution in [-0.4, -0.2) is 52.1 Å². The molecule has 0 aromatic heterocycles. The lowest BCUT2D eigenvalue weighted by atomic mass is 9.64. The van der Waals surface area contributed by atoms with Crippen molar-refractivity contribution in [1.29, 1.82) is 0 Å². The summed E-state index contributed by atoms with van der Waals surface area (Å²) in [7, 11) is 1.82. The van der Waals surface area contributed by atoms with Gasteiger partial charge in [-0.2, -0.15) is 0 Å². The average Bonchev–Trinajstić information content (AvgIpc) is 2.43. The van der Waals surface area contributed by atoms with Crippen molar-refractivity contribution >= 4 is 0 Å². The summed E-state index contributed by atoms with van der Waals surface area (Å²) in [5, 5.41) is 7.26. The molecule has 2 aliphatic rings. The topological polar surface area (TPSA) is 42.5 Å². The maximum absolute atomic E-state index is 5.81. The van der Waals surface area contributed by atoms with Gasteiger partial charge in [0.1, 0.15) is 0 Å². The lowest BCUT2D eigenvalue weighted by molar-refractivity contribution is -0.117. The second-order valence-electron chi connectivity index (χ2n) is 7.12. The molecular weight excluding hydrogens is 252 g/mol. The van der Waals surface area contributed by atoms with Crippen LogP contribution in [0.15, 0.2) is 0 Å². The smallest absolute Gasteiger partial charge is 0.0655 e. The number of hydrogen-bond donors (Lipinski definition) is 2. The second-order valence-corrected chi connectivity index (χ2v) is 7.12. The molecule has 0 radical (unpaired) electrons. The summed E-state index contributed by atoms with van der Waals surface area (Å²) in [6, 6.07) is 0.572. The number of methoxy groups -OCH3 is 1. The van der Waals surface area contributed by atoms with Crippen molar-refractivity contribution in [2.24, 2.45) is 10.8 Å². The third-order valence-electron chi connectivity index (χ3n) is 5.38. The van der Waals surface area contributed by atoms with Crippen molar-refractivity contribution in [2.45, 2.75) is 52.2 Å². The van der Waals surface area contributed by atoms with E-state index < -0.39 is 0 Å². The third kappa shape index (κ3) is 3.35. The fourth-order valence-corrected chi connectivity index (χ4v) is 3.69. The van der Waals surface area contributed by atoms with E-state index in [0.29, 0.717) is 17.6 Å². The number of hydrogen-bond acceptors (Lipinski definition) is 4. The third-order valence-corrected chi connectivity index (χ3v) is 5.38. The molecule has 0 bridgehead atoms. The van der Waals surface area contributed by atoms with E-state index in [0.717, 1.165) is 39.3 Å². The first-order valence-electron chi connectivity index (χ1n) is 8.09. The van der Waals surface area contributed by atoms with Crippen molar-refractivity contribution in [3.63, 3.8) is 0 Å². The van der Waals surface area contributed by atoms with Gasteiger partial charge in [-0.25, -0.2) is 0 Å². The predicted octanol–water partition coefficient (Wildman–Crippen LogP) is 1.80. The summed E-state index contributed by atoms with van der Waals surface area (Å²) in [6.07, 6.45) is 3.96. The number of rotatable bonds is 7. The normalized spacial score (nSPS) is 31.8. The molecule has 0 amide bonds. The van der Waals surface area contributed by atoms with Crippen LogP contribution in [0.4, 0.5) is 0 Å². The molecule has 4 nitrogen and oxygen atoms in total. The molecule has 20 heavy (non-hydrogen) atoms. The van der Waals surface area contributed by atoms with E-state index in [9.17, 15) is 0 Å². The molecule has 0 aromatic carbocycles. The minimum Gasteiger partial charge on any atom is -0.384 e. The van der Waals surface area contributed by atoms with Gasteiger partial charge in [0, 0.05) is 37.1 Å². The molecule has 1 heterocycles. The van der Waals surface area contributed by atoms with Crippen LogP contribution >= 0.6 is 0 Å². The van der Waals surface area contributed by atoms with Gasteiger partial charge in [0.05, 0.1) is 12.7 Å². The van der Waals surface area contributed by atoms with E-state index in [1.807, 2.05) is 7.11 Å². The van der Waals surface area contributed by atoms with Crippen LogP contribution in [0, 0.1) is 10.8 Å². The van der Waals surface area contributed by atoms with Crippen molar-refractivity contribution < 1.29 is 9.47 Å². The highest BCUT2D eigenvalue weighted by molar-refractivity contribution is 5.03. The Bertz CT molecular complexity index is 295. The summed E-state index contributed by atoms with van der Waals surface area (Å²) < 4.78 is 11.3. The molecule has 0 aromatic rings. The quantitative estimate of drug-likeness (QED) is 0.748. The van der Waals surface area contributed by atoms with Gasteiger partial charge in [-0.3, -0.25) is 0 Å².